The van der Waals surface area contributed by atoms with E-state index in [-0.39, 0.29) is 18.1 Å². The molecule has 5 nitrogen and oxygen atoms in total. The minimum Gasteiger partial charge on any atom is -0.482 e. The van der Waals surface area contributed by atoms with E-state index in [2.05, 4.69) is 24.3 Å². The second kappa shape index (κ2) is 11.1. The number of aryl methyl sites for hydroxylation is 2. The van der Waals surface area contributed by atoms with Gasteiger partial charge >= 0.3 is 5.97 Å². The Labute approximate surface area is 198 Å². The van der Waals surface area contributed by atoms with E-state index in [1.54, 1.807) is 16.7 Å². The summed E-state index contributed by atoms with van der Waals surface area (Å²) in [6.45, 7) is 0.176. The molecule has 172 valence electrons. The quantitative estimate of drug-likeness (QED) is 0.362. The Bertz CT molecular complexity index is 1240. The van der Waals surface area contributed by atoms with Gasteiger partial charge in [0.1, 0.15) is 5.75 Å². The van der Waals surface area contributed by atoms with Gasteiger partial charge in [0.2, 0.25) is 0 Å². The molecule has 34 heavy (non-hydrogen) atoms. The predicted molar refractivity (Wildman–Crippen MR) is 132 cm³/mol. The molecule has 0 saturated carbocycles. The van der Waals surface area contributed by atoms with Crippen LogP contribution in [0.4, 0.5) is 0 Å². The molecule has 5 heteroatoms. The molecular weight excluding hydrogens is 426 g/mol. The highest BCUT2D eigenvalue weighted by Gasteiger charge is 2.17. The van der Waals surface area contributed by atoms with Gasteiger partial charge in [-0.3, -0.25) is 4.79 Å². The number of benzene rings is 3. The lowest BCUT2D eigenvalue weighted by Gasteiger charge is -2.20. The largest absolute Gasteiger partial charge is 0.482 e. The summed E-state index contributed by atoms with van der Waals surface area (Å²) in [5.41, 5.74) is 4.28. The van der Waals surface area contributed by atoms with E-state index < -0.39 is 5.97 Å². The standard InChI is InChI=1S/C29H27NO4/c31-27-18-17-25(29(23-11-3-1-4-12-23)24-13-5-2-6-14-24)20-30(27)19-9-15-22-10-7-8-16-26(22)34-21-28(32)33/h1-8,10-14,16-18,20,29H,9,15,19,21H2,(H,32,33). The molecule has 0 aliphatic heterocycles. The van der Waals surface area contributed by atoms with Gasteiger partial charge in [0.05, 0.1) is 0 Å². The summed E-state index contributed by atoms with van der Waals surface area (Å²) in [6, 6.07) is 31.6. The van der Waals surface area contributed by atoms with Crippen LogP contribution in [0.25, 0.3) is 0 Å². The minimum atomic E-state index is -1.01. The number of aromatic nitrogens is 1. The third-order valence-electron chi connectivity index (χ3n) is 5.77. The van der Waals surface area contributed by atoms with E-state index in [1.165, 1.54) is 11.1 Å². The van der Waals surface area contributed by atoms with Crippen LogP contribution in [0.2, 0.25) is 0 Å². The number of rotatable bonds is 10. The molecule has 0 aliphatic carbocycles. The van der Waals surface area contributed by atoms with E-state index in [9.17, 15) is 9.59 Å². The first-order chi connectivity index (χ1) is 16.6. The molecule has 0 saturated heterocycles. The van der Waals surface area contributed by atoms with Crippen LogP contribution in [-0.4, -0.2) is 22.2 Å². The van der Waals surface area contributed by atoms with Crippen molar-refractivity contribution in [2.75, 3.05) is 6.61 Å². The third kappa shape index (κ3) is 5.81. The van der Waals surface area contributed by atoms with Crippen LogP contribution in [-0.2, 0) is 17.8 Å². The summed E-state index contributed by atoms with van der Waals surface area (Å²) in [5, 5.41) is 8.89. The van der Waals surface area contributed by atoms with E-state index >= 15 is 0 Å². The average molecular weight is 454 g/mol. The highest BCUT2D eigenvalue weighted by atomic mass is 16.5. The van der Waals surface area contributed by atoms with E-state index in [0.29, 0.717) is 18.7 Å². The number of aliphatic carboxylic acids is 1. The maximum atomic E-state index is 12.6. The van der Waals surface area contributed by atoms with Gasteiger partial charge in [-0.25, -0.2) is 4.79 Å². The Balaban J connectivity index is 1.55. The fraction of sp³-hybridized carbons (Fsp3) is 0.172. The molecule has 1 heterocycles. The first kappa shape index (κ1) is 23.1. The number of hydrogen-bond acceptors (Lipinski definition) is 3. The summed E-state index contributed by atoms with van der Waals surface area (Å²) < 4.78 is 7.16. The Morgan fingerprint density at radius 1 is 0.794 bits per heavy atom. The van der Waals surface area contributed by atoms with Gasteiger partial charge in [-0.1, -0.05) is 84.9 Å². The fourth-order valence-electron chi connectivity index (χ4n) is 4.19. The maximum Gasteiger partial charge on any atom is 0.341 e. The zero-order valence-electron chi connectivity index (χ0n) is 18.8. The van der Waals surface area contributed by atoms with E-state index in [0.717, 1.165) is 17.5 Å². The van der Waals surface area contributed by atoms with Crippen LogP contribution < -0.4 is 10.3 Å². The molecule has 4 aromatic rings. The van der Waals surface area contributed by atoms with Crippen LogP contribution >= 0.6 is 0 Å². The number of hydrogen-bond donors (Lipinski definition) is 1. The van der Waals surface area contributed by atoms with Crippen molar-refractivity contribution in [1.82, 2.24) is 4.57 Å². The Kier molecular flexibility index (Phi) is 7.56. The van der Waals surface area contributed by atoms with E-state index in [1.807, 2.05) is 66.9 Å². The van der Waals surface area contributed by atoms with Crippen molar-refractivity contribution in [3.63, 3.8) is 0 Å². The predicted octanol–water partition coefficient (Wildman–Crippen LogP) is 5.12. The minimum absolute atomic E-state index is 0.0272. The molecule has 3 aromatic carbocycles. The molecular formula is C29H27NO4. The van der Waals surface area contributed by atoms with Crippen LogP contribution in [0.1, 0.15) is 34.6 Å². The molecule has 1 aromatic heterocycles. The van der Waals surface area contributed by atoms with Gasteiger partial charge in [-0.15, -0.1) is 0 Å². The number of carboxylic acid groups (broad SMARTS) is 1. The van der Waals surface area contributed by atoms with Crippen LogP contribution in [0.3, 0.4) is 0 Å². The lowest BCUT2D eigenvalue weighted by atomic mass is 9.86. The first-order valence-electron chi connectivity index (χ1n) is 11.3. The molecule has 4 rings (SSSR count). The van der Waals surface area contributed by atoms with Crippen molar-refractivity contribution in [2.45, 2.75) is 25.3 Å². The maximum absolute atomic E-state index is 12.6. The highest BCUT2D eigenvalue weighted by Crippen LogP contribution is 2.31. The lowest BCUT2D eigenvalue weighted by Crippen LogP contribution is -2.20. The molecule has 0 atom stereocenters. The zero-order valence-corrected chi connectivity index (χ0v) is 18.8. The number of nitrogens with zero attached hydrogens (tertiary/aromatic N) is 1. The zero-order chi connectivity index (χ0) is 23.8. The van der Waals surface area contributed by atoms with Gasteiger partial charge in [-0.2, -0.15) is 0 Å². The van der Waals surface area contributed by atoms with Crippen molar-refractivity contribution in [3.05, 3.63) is 136 Å². The van der Waals surface area contributed by atoms with Gasteiger partial charge in [0, 0.05) is 24.7 Å². The molecule has 0 aliphatic rings. The summed E-state index contributed by atoms with van der Waals surface area (Å²) in [4.78, 5) is 23.5. The molecule has 0 spiro atoms. The molecule has 1 N–H and O–H groups in total. The summed E-state index contributed by atoms with van der Waals surface area (Å²) in [5.74, 6) is -0.414. The van der Waals surface area contributed by atoms with Crippen molar-refractivity contribution < 1.29 is 14.6 Å². The Morgan fingerprint density at radius 3 is 2.06 bits per heavy atom. The number of carboxylic acids is 1. The van der Waals surface area contributed by atoms with E-state index in [4.69, 9.17) is 9.84 Å². The van der Waals surface area contributed by atoms with Crippen LogP contribution in [0.5, 0.6) is 5.75 Å². The van der Waals surface area contributed by atoms with Crippen molar-refractivity contribution in [3.8, 4) is 5.75 Å². The number of carbonyl (C=O) groups is 1. The second-order valence-corrected chi connectivity index (χ2v) is 8.14. The molecule has 0 unspecified atom stereocenters. The molecule has 0 amide bonds. The van der Waals surface area contributed by atoms with Gasteiger partial charge in [0.15, 0.2) is 6.61 Å². The van der Waals surface area contributed by atoms with Crippen molar-refractivity contribution in [1.29, 1.82) is 0 Å². The van der Waals surface area contributed by atoms with Gasteiger partial charge in [0.25, 0.3) is 5.56 Å². The van der Waals surface area contributed by atoms with Crippen LogP contribution in [0.15, 0.2) is 108 Å². The van der Waals surface area contributed by atoms with Crippen molar-refractivity contribution in [2.24, 2.45) is 0 Å². The summed E-state index contributed by atoms with van der Waals surface area (Å²) >= 11 is 0. The SMILES string of the molecule is O=C(O)COc1ccccc1CCCn1cc(C(c2ccccc2)c2ccccc2)ccc1=O. The average Bonchev–Trinajstić information content (AvgIpc) is 2.86. The Morgan fingerprint density at radius 2 is 1.41 bits per heavy atom. The number of para-hydroxylation sites is 1. The second-order valence-electron chi connectivity index (χ2n) is 8.14. The van der Waals surface area contributed by atoms with Crippen molar-refractivity contribution >= 4 is 5.97 Å². The fourth-order valence-corrected chi connectivity index (χ4v) is 4.19. The summed E-state index contributed by atoms with van der Waals surface area (Å²) in [7, 11) is 0. The highest BCUT2D eigenvalue weighted by molar-refractivity contribution is 5.68. The molecule has 0 radical (unpaired) electrons. The monoisotopic (exact) mass is 453 g/mol. The molecule has 0 fully saturated rings. The lowest BCUT2D eigenvalue weighted by molar-refractivity contribution is -0.139. The third-order valence-corrected chi connectivity index (χ3v) is 5.77. The number of ether oxygens (including phenoxy) is 1. The van der Waals surface area contributed by atoms with Gasteiger partial charge < -0.3 is 14.4 Å². The number of pyridine rings is 1. The Hall–Kier alpha value is -4.12. The normalized spacial score (nSPS) is 10.9. The topological polar surface area (TPSA) is 68.5 Å². The van der Waals surface area contributed by atoms with Gasteiger partial charge in [-0.05, 0) is 41.2 Å². The summed E-state index contributed by atoms with van der Waals surface area (Å²) in [6.07, 6.45) is 3.35. The molecule has 0 bridgehead atoms. The first-order valence-corrected chi connectivity index (χ1v) is 11.3. The smallest absolute Gasteiger partial charge is 0.341 e. The van der Waals surface area contributed by atoms with Crippen LogP contribution in [0, 0.1) is 0 Å².